The molecule has 4 fully saturated rings. The number of cyclic esters (lactones) is 1. The second-order valence-electron chi connectivity index (χ2n) is 13.7. The number of aryl methyl sites for hydroxylation is 1. The molecule has 2 heterocycles. The monoisotopic (exact) mass is 601 g/mol. The van der Waals surface area contributed by atoms with E-state index in [0.29, 0.717) is 38.2 Å². The van der Waals surface area contributed by atoms with E-state index in [0.717, 1.165) is 37.7 Å². The smallest absolute Gasteiger partial charge is 0.410 e. The minimum atomic E-state index is -0.878. The molecule has 43 heavy (non-hydrogen) atoms. The van der Waals surface area contributed by atoms with Crippen molar-refractivity contribution in [1.29, 1.82) is 0 Å². The molecule has 10 heteroatoms. The zero-order valence-electron chi connectivity index (χ0n) is 26.4. The lowest BCUT2D eigenvalue weighted by atomic mass is 9.81. The summed E-state index contributed by atoms with van der Waals surface area (Å²) >= 11 is 0. The zero-order chi connectivity index (χ0) is 30.9. The molecule has 2 saturated heterocycles. The van der Waals surface area contributed by atoms with Crippen molar-refractivity contribution in [3.05, 3.63) is 23.5 Å². The van der Waals surface area contributed by atoms with Crippen LogP contribution < -0.4 is 15.0 Å². The molecule has 3 amide bonds. The number of ether oxygens (including phenoxy) is 3. The van der Waals surface area contributed by atoms with Crippen molar-refractivity contribution < 1.29 is 33.0 Å². The molecule has 4 atom stereocenters. The number of hydrogen-bond acceptors (Lipinski definition) is 6. The lowest BCUT2D eigenvalue weighted by molar-refractivity contribution is -0.132. The highest BCUT2D eigenvalue weighted by atomic mass is 19.1. The fourth-order valence-corrected chi connectivity index (χ4v) is 7.28. The van der Waals surface area contributed by atoms with E-state index >= 15 is 4.39 Å². The maximum Gasteiger partial charge on any atom is 0.410 e. The molecule has 1 aromatic rings. The van der Waals surface area contributed by atoms with Crippen LogP contribution in [0.15, 0.2) is 12.1 Å². The number of rotatable bonds is 9. The molecule has 2 unspecified atom stereocenters. The van der Waals surface area contributed by atoms with Gasteiger partial charge in [-0.15, -0.1) is 0 Å². The quantitative estimate of drug-likeness (QED) is 0.390. The number of halogens is 1. The molecule has 1 aromatic carbocycles. The third-order valence-corrected chi connectivity index (χ3v) is 9.90. The average molecular weight is 602 g/mol. The second-order valence-corrected chi connectivity index (χ2v) is 13.7. The Morgan fingerprint density at radius 3 is 2.53 bits per heavy atom. The van der Waals surface area contributed by atoms with Gasteiger partial charge < -0.3 is 29.3 Å². The first kappa shape index (κ1) is 31.5. The second kappa shape index (κ2) is 12.6. The van der Waals surface area contributed by atoms with Gasteiger partial charge in [-0.25, -0.2) is 9.18 Å². The number of amides is 3. The van der Waals surface area contributed by atoms with Crippen LogP contribution in [0.2, 0.25) is 0 Å². The molecule has 1 N–H and O–H groups in total. The van der Waals surface area contributed by atoms with Gasteiger partial charge in [0, 0.05) is 56.8 Å². The summed E-state index contributed by atoms with van der Waals surface area (Å²) < 4.78 is 33.1. The normalized spacial score (nSPS) is 28.0. The first-order chi connectivity index (χ1) is 20.5. The number of anilines is 1. The van der Waals surface area contributed by atoms with Crippen LogP contribution in [-0.4, -0.2) is 73.4 Å². The number of methoxy groups -OCH3 is 1. The van der Waals surface area contributed by atoms with Crippen LogP contribution in [0.1, 0.15) is 84.6 Å². The number of carbonyl (C=O) groups excluding carboxylic acids is 3. The predicted octanol–water partition coefficient (Wildman–Crippen LogP) is 5.23. The summed E-state index contributed by atoms with van der Waals surface area (Å²) in [6.07, 6.45) is 6.73. The molecule has 238 valence electrons. The molecule has 2 saturated carbocycles. The van der Waals surface area contributed by atoms with Crippen LogP contribution in [0.3, 0.4) is 0 Å². The van der Waals surface area contributed by atoms with Gasteiger partial charge in [0.05, 0.1) is 24.1 Å². The molecule has 0 spiro atoms. The summed E-state index contributed by atoms with van der Waals surface area (Å²) in [5, 5.41) is 3.25. The van der Waals surface area contributed by atoms with Gasteiger partial charge in [0.2, 0.25) is 11.8 Å². The van der Waals surface area contributed by atoms with Crippen LogP contribution in [0, 0.1) is 23.6 Å². The summed E-state index contributed by atoms with van der Waals surface area (Å²) in [6.45, 7) is 8.97. The maximum atomic E-state index is 15.9. The number of nitrogens with one attached hydrogen (secondary N) is 1. The molecular formula is C33H48FN3O6. The first-order valence-electron chi connectivity index (χ1n) is 16.0. The molecule has 2 aliphatic heterocycles. The molecular weight excluding hydrogens is 553 g/mol. The Morgan fingerprint density at radius 2 is 1.84 bits per heavy atom. The van der Waals surface area contributed by atoms with Gasteiger partial charge in [-0.05, 0) is 64.5 Å². The number of piperidine rings is 1. The Morgan fingerprint density at radius 1 is 1.09 bits per heavy atom. The lowest BCUT2D eigenvalue weighted by Crippen LogP contribution is -2.57. The van der Waals surface area contributed by atoms with E-state index in [1.54, 1.807) is 18.1 Å². The van der Waals surface area contributed by atoms with E-state index < -0.39 is 29.3 Å². The van der Waals surface area contributed by atoms with Crippen molar-refractivity contribution >= 4 is 23.6 Å². The highest BCUT2D eigenvalue weighted by molar-refractivity contribution is 5.98. The molecule has 5 rings (SSSR count). The zero-order valence-corrected chi connectivity index (χ0v) is 26.4. The molecule has 0 aromatic heterocycles. The highest BCUT2D eigenvalue weighted by Crippen LogP contribution is 2.50. The first-order valence-corrected chi connectivity index (χ1v) is 16.0. The molecule has 9 nitrogen and oxygen atoms in total. The molecule has 0 radical (unpaired) electrons. The topological polar surface area (TPSA) is 97.4 Å². The van der Waals surface area contributed by atoms with Gasteiger partial charge in [-0.1, -0.05) is 26.2 Å². The van der Waals surface area contributed by atoms with Crippen LogP contribution >= 0.6 is 0 Å². The molecule has 2 bridgehead atoms. The van der Waals surface area contributed by atoms with Crippen LogP contribution in [-0.2, 0) is 25.5 Å². The largest absolute Gasteiger partial charge is 0.493 e. The summed E-state index contributed by atoms with van der Waals surface area (Å²) in [6, 6.07) is 2.78. The third-order valence-electron chi connectivity index (χ3n) is 9.90. The maximum absolute atomic E-state index is 15.9. The fraction of sp³-hybridized carbons (Fsp3) is 0.727. The summed E-state index contributed by atoms with van der Waals surface area (Å²) in [4.78, 5) is 44.6. The minimum Gasteiger partial charge on any atom is -0.493 e. The standard InChI is InChI=1S/C33H48FN3O6/c1-6-21-16-25(34)27(18-28(21)42-14-10-13-41-5)37-26-17-24(26)32(2,3)43-31(40)36-19-22(15-23(20-36)30(37)39)29(38)35-33(4)11-8-7-9-12-33/h16,18,22-24,26H,6-15,17,19-20H2,1-5H3,(H,35,38)/t22-,23+,24?,26?/m0/s1. The van der Waals surface area contributed by atoms with Crippen LogP contribution in [0.4, 0.5) is 14.9 Å². The van der Waals surface area contributed by atoms with Crippen molar-refractivity contribution in [2.75, 3.05) is 38.3 Å². The predicted molar refractivity (Wildman–Crippen MR) is 161 cm³/mol. The third kappa shape index (κ3) is 6.79. The van der Waals surface area contributed by atoms with Gasteiger partial charge in [0.25, 0.3) is 0 Å². The number of fused-ring (bicyclic) bond motifs is 3. The molecule has 4 aliphatic rings. The number of benzene rings is 1. The minimum absolute atomic E-state index is 0.123. The molecule has 2 aliphatic carbocycles. The van der Waals surface area contributed by atoms with E-state index in [1.807, 2.05) is 20.8 Å². The van der Waals surface area contributed by atoms with Gasteiger partial charge in [0.1, 0.15) is 17.2 Å². The summed E-state index contributed by atoms with van der Waals surface area (Å²) in [7, 11) is 1.63. The van der Waals surface area contributed by atoms with E-state index in [2.05, 4.69) is 12.2 Å². The fourth-order valence-electron chi connectivity index (χ4n) is 7.28. The Bertz CT molecular complexity index is 1220. The summed E-state index contributed by atoms with van der Waals surface area (Å²) in [5.74, 6) is -1.74. The Kier molecular flexibility index (Phi) is 9.26. The van der Waals surface area contributed by atoms with E-state index in [1.165, 1.54) is 11.0 Å². The van der Waals surface area contributed by atoms with Crippen molar-refractivity contribution in [2.24, 2.45) is 17.8 Å². The van der Waals surface area contributed by atoms with Crippen molar-refractivity contribution in [2.45, 2.75) is 103 Å². The Hall–Kier alpha value is -2.88. The summed E-state index contributed by atoms with van der Waals surface area (Å²) in [5.41, 5.74) is -0.267. The van der Waals surface area contributed by atoms with Crippen molar-refractivity contribution in [1.82, 2.24) is 10.2 Å². The Balaban J connectivity index is 1.46. The highest BCUT2D eigenvalue weighted by Gasteiger charge is 2.57. The van der Waals surface area contributed by atoms with E-state index in [-0.39, 0.29) is 54.5 Å². The lowest BCUT2D eigenvalue weighted by Gasteiger charge is -2.42. The SMILES string of the molecule is CCc1cc(F)c(N2C(=O)[C@@H]3C[C@H](C(=O)NC4(C)CCCCC4)CN(C3)C(=O)OC(C)(C)C3CC32)cc1OCCCOC. The van der Waals surface area contributed by atoms with Crippen molar-refractivity contribution in [3.8, 4) is 5.75 Å². The number of nitrogens with zero attached hydrogens (tertiary/aromatic N) is 2. The van der Waals surface area contributed by atoms with Crippen molar-refractivity contribution in [3.63, 3.8) is 0 Å². The van der Waals surface area contributed by atoms with Gasteiger partial charge in [0.15, 0.2) is 0 Å². The van der Waals surface area contributed by atoms with Gasteiger partial charge >= 0.3 is 6.09 Å². The average Bonchev–Trinajstić information content (AvgIpc) is 3.77. The van der Waals surface area contributed by atoms with Crippen LogP contribution in [0.5, 0.6) is 5.75 Å². The number of hydrogen-bond donors (Lipinski definition) is 1. The Labute approximate surface area is 254 Å². The van der Waals surface area contributed by atoms with Gasteiger partial charge in [-0.3, -0.25) is 9.59 Å². The van der Waals surface area contributed by atoms with Crippen LogP contribution in [0.25, 0.3) is 0 Å². The van der Waals surface area contributed by atoms with Gasteiger partial charge in [-0.2, -0.15) is 0 Å². The van der Waals surface area contributed by atoms with E-state index in [4.69, 9.17) is 14.2 Å². The van der Waals surface area contributed by atoms with E-state index in [9.17, 15) is 14.4 Å². The number of carbonyl (C=O) groups is 3.